The summed E-state index contributed by atoms with van der Waals surface area (Å²) >= 11 is 5.94. The molecule has 2 nitrogen and oxygen atoms in total. The minimum atomic E-state index is 0.523. The van der Waals surface area contributed by atoms with E-state index in [1.807, 2.05) is 24.3 Å². The number of benzene rings is 1. The number of hydrogen-bond donors (Lipinski definition) is 0. The molecule has 0 saturated carbocycles. The monoisotopic (exact) mass is 246 g/mol. The second-order valence-electron chi connectivity index (χ2n) is 3.85. The van der Waals surface area contributed by atoms with Crippen molar-refractivity contribution >= 4 is 23.1 Å². The molecule has 0 spiro atoms. The molecule has 1 aromatic carbocycles. The Bertz CT molecular complexity index is 511. The number of anilines is 2. The van der Waals surface area contributed by atoms with Crippen LogP contribution in [-0.4, -0.2) is 11.5 Å². The largest absolute Gasteiger partial charge is 0.326 e. The van der Waals surface area contributed by atoms with Crippen LogP contribution >= 0.6 is 11.6 Å². The van der Waals surface area contributed by atoms with E-state index in [1.165, 1.54) is 11.3 Å². The van der Waals surface area contributed by atoms with Gasteiger partial charge in [0.05, 0.1) is 0 Å². The molecule has 2 rings (SSSR count). The molecule has 2 aromatic rings. The Morgan fingerprint density at radius 3 is 2.53 bits per heavy atom. The van der Waals surface area contributed by atoms with Crippen LogP contribution < -0.4 is 4.90 Å². The Labute approximate surface area is 107 Å². The molecule has 88 valence electrons. The van der Waals surface area contributed by atoms with Crippen LogP contribution in [0, 0.1) is 6.92 Å². The van der Waals surface area contributed by atoms with E-state index >= 15 is 0 Å². The van der Waals surface area contributed by atoms with Crippen molar-refractivity contribution in [1.82, 2.24) is 4.98 Å². The highest BCUT2D eigenvalue weighted by Gasteiger charge is 2.10. The summed E-state index contributed by atoms with van der Waals surface area (Å²) in [5.74, 6) is 0.884. The Balaban J connectivity index is 2.44. The van der Waals surface area contributed by atoms with Gasteiger partial charge in [0, 0.05) is 12.2 Å². The average Bonchev–Trinajstić information content (AvgIpc) is 2.33. The van der Waals surface area contributed by atoms with Crippen molar-refractivity contribution in [3.05, 3.63) is 53.2 Å². The van der Waals surface area contributed by atoms with Crippen LogP contribution in [0.15, 0.2) is 42.5 Å². The van der Waals surface area contributed by atoms with Gasteiger partial charge < -0.3 is 4.90 Å². The number of halogens is 1. The van der Waals surface area contributed by atoms with Gasteiger partial charge in [-0.15, -0.1) is 0 Å². The normalized spacial score (nSPS) is 10.3. The van der Waals surface area contributed by atoms with E-state index in [0.717, 1.165) is 12.4 Å². The summed E-state index contributed by atoms with van der Waals surface area (Å²) in [6.07, 6.45) is 0. The molecule has 0 saturated heterocycles. The maximum absolute atomic E-state index is 5.94. The first-order valence-electron chi connectivity index (χ1n) is 5.68. The van der Waals surface area contributed by atoms with E-state index in [4.69, 9.17) is 11.6 Å². The van der Waals surface area contributed by atoms with Gasteiger partial charge in [0.15, 0.2) is 0 Å². The molecule has 0 amide bonds. The molecule has 0 radical (unpaired) electrons. The molecule has 0 N–H and O–H groups in total. The zero-order chi connectivity index (χ0) is 12.3. The van der Waals surface area contributed by atoms with Crippen molar-refractivity contribution in [1.29, 1.82) is 0 Å². The molecule has 3 heteroatoms. The summed E-state index contributed by atoms with van der Waals surface area (Å²) in [7, 11) is 0. The molecule has 1 heterocycles. The summed E-state index contributed by atoms with van der Waals surface area (Å²) in [6.45, 7) is 5.07. The number of para-hydroxylation sites is 1. The van der Waals surface area contributed by atoms with Gasteiger partial charge in [-0.1, -0.05) is 35.9 Å². The smallest absolute Gasteiger partial charge is 0.134 e. The van der Waals surface area contributed by atoms with Crippen LogP contribution in [0.25, 0.3) is 0 Å². The highest BCUT2D eigenvalue weighted by atomic mass is 35.5. The van der Waals surface area contributed by atoms with Crippen molar-refractivity contribution in [3.8, 4) is 0 Å². The fourth-order valence-electron chi connectivity index (χ4n) is 1.87. The molecule has 0 aliphatic rings. The highest BCUT2D eigenvalue weighted by molar-refractivity contribution is 6.29. The lowest BCUT2D eigenvalue weighted by atomic mass is 10.2. The summed E-state index contributed by atoms with van der Waals surface area (Å²) in [6, 6.07) is 14.0. The first-order valence-corrected chi connectivity index (χ1v) is 6.06. The molecule has 0 atom stereocenters. The van der Waals surface area contributed by atoms with Crippen LogP contribution in [0.4, 0.5) is 11.5 Å². The second-order valence-corrected chi connectivity index (χ2v) is 4.24. The van der Waals surface area contributed by atoms with Crippen molar-refractivity contribution < 1.29 is 0 Å². The van der Waals surface area contributed by atoms with Gasteiger partial charge in [-0.2, -0.15) is 0 Å². The summed E-state index contributed by atoms with van der Waals surface area (Å²) in [4.78, 5) is 6.51. The summed E-state index contributed by atoms with van der Waals surface area (Å²) in [5.41, 5.74) is 2.40. The third-order valence-electron chi connectivity index (χ3n) is 2.70. The third kappa shape index (κ3) is 2.59. The zero-order valence-corrected chi connectivity index (χ0v) is 10.8. The number of nitrogens with zero attached hydrogens (tertiary/aromatic N) is 2. The standard InChI is InChI=1S/C14H15ClN2/c1-3-17(12-8-5-4-7-11(12)2)14-10-6-9-13(15)16-14/h4-10H,3H2,1-2H3. The number of rotatable bonds is 3. The number of aryl methyl sites for hydroxylation is 1. The topological polar surface area (TPSA) is 16.1 Å². The molecule has 1 aromatic heterocycles. The van der Waals surface area contributed by atoms with E-state index < -0.39 is 0 Å². The Hall–Kier alpha value is -1.54. The third-order valence-corrected chi connectivity index (χ3v) is 2.91. The first kappa shape index (κ1) is 11.9. The van der Waals surface area contributed by atoms with Gasteiger partial charge in [-0.25, -0.2) is 4.98 Å². The fraction of sp³-hybridized carbons (Fsp3) is 0.214. The predicted octanol–water partition coefficient (Wildman–Crippen LogP) is 4.20. The van der Waals surface area contributed by atoms with Gasteiger partial charge in [0.1, 0.15) is 11.0 Å². The van der Waals surface area contributed by atoms with Gasteiger partial charge in [0.2, 0.25) is 0 Å². The van der Waals surface area contributed by atoms with Crippen molar-refractivity contribution in [2.75, 3.05) is 11.4 Å². The van der Waals surface area contributed by atoms with E-state index in [2.05, 4.69) is 35.9 Å². The molecule has 0 aliphatic carbocycles. The minimum Gasteiger partial charge on any atom is -0.326 e. The van der Waals surface area contributed by atoms with E-state index in [1.54, 1.807) is 6.07 Å². The number of hydrogen-bond acceptors (Lipinski definition) is 2. The molecule has 0 bridgehead atoms. The quantitative estimate of drug-likeness (QED) is 0.755. The van der Waals surface area contributed by atoms with Crippen LogP contribution in [-0.2, 0) is 0 Å². The SMILES string of the molecule is CCN(c1cccc(Cl)n1)c1ccccc1C. The predicted molar refractivity (Wildman–Crippen MR) is 73.1 cm³/mol. The van der Waals surface area contributed by atoms with E-state index in [-0.39, 0.29) is 0 Å². The van der Waals surface area contributed by atoms with Crippen molar-refractivity contribution in [2.24, 2.45) is 0 Å². The highest BCUT2D eigenvalue weighted by Crippen LogP contribution is 2.27. The Morgan fingerprint density at radius 2 is 1.88 bits per heavy atom. The van der Waals surface area contributed by atoms with Crippen LogP contribution in [0.5, 0.6) is 0 Å². The second kappa shape index (κ2) is 5.19. The lowest BCUT2D eigenvalue weighted by Crippen LogP contribution is -2.18. The summed E-state index contributed by atoms with van der Waals surface area (Å²) in [5, 5.41) is 0.523. The van der Waals surface area contributed by atoms with Gasteiger partial charge in [-0.05, 0) is 37.6 Å². The van der Waals surface area contributed by atoms with E-state index in [9.17, 15) is 0 Å². The average molecular weight is 247 g/mol. The van der Waals surface area contributed by atoms with Crippen LogP contribution in [0.2, 0.25) is 5.15 Å². The van der Waals surface area contributed by atoms with Gasteiger partial charge >= 0.3 is 0 Å². The lowest BCUT2D eigenvalue weighted by Gasteiger charge is -2.23. The van der Waals surface area contributed by atoms with Gasteiger partial charge in [0.25, 0.3) is 0 Å². The number of aromatic nitrogens is 1. The fourth-order valence-corrected chi connectivity index (χ4v) is 2.03. The molecule has 0 fully saturated rings. The maximum Gasteiger partial charge on any atom is 0.134 e. The zero-order valence-electron chi connectivity index (χ0n) is 10.0. The molecular weight excluding hydrogens is 232 g/mol. The molecule has 17 heavy (non-hydrogen) atoms. The van der Waals surface area contributed by atoms with Crippen LogP contribution in [0.3, 0.4) is 0 Å². The Morgan fingerprint density at radius 1 is 1.12 bits per heavy atom. The minimum absolute atomic E-state index is 0.523. The molecular formula is C14H15ClN2. The maximum atomic E-state index is 5.94. The Kier molecular flexibility index (Phi) is 3.64. The van der Waals surface area contributed by atoms with Crippen molar-refractivity contribution in [3.63, 3.8) is 0 Å². The van der Waals surface area contributed by atoms with E-state index in [0.29, 0.717) is 5.15 Å². The van der Waals surface area contributed by atoms with Crippen LogP contribution in [0.1, 0.15) is 12.5 Å². The first-order chi connectivity index (χ1) is 8.22. The molecule has 0 unspecified atom stereocenters. The molecule has 0 aliphatic heterocycles. The van der Waals surface area contributed by atoms with Gasteiger partial charge in [-0.3, -0.25) is 0 Å². The summed E-state index contributed by atoms with van der Waals surface area (Å²) < 4.78 is 0. The lowest BCUT2D eigenvalue weighted by molar-refractivity contribution is 0.983. The van der Waals surface area contributed by atoms with Crippen molar-refractivity contribution in [2.45, 2.75) is 13.8 Å². The number of pyridine rings is 1.